The Kier molecular flexibility index (Phi) is 4.28. The van der Waals surface area contributed by atoms with Gasteiger partial charge in [-0.3, -0.25) is 0 Å². The Bertz CT molecular complexity index is 483. The van der Waals surface area contributed by atoms with Gasteiger partial charge in [-0.1, -0.05) is 26.7 Å². The van der Waals surface area contributed by atoms with Crippen LogP contribution in [0.4, 0.5) is 0 Å². The van der Waals surface area contributed by atoms with E-state index in [9.17, 15) is 0 Å². The van der Waals surface area contributed by atoms with Gasteiger partial charge in [0.05, 0.1) is 0 Å². The maximum Gasteiger partial charge on any atom is 0.184 e. The number of hydrogen-bond acceptors (Lipinski definition) is 1. The van der Waals surface area contributed by atoms with E-state index in [0.717, 1.165) is 23.7 Å². The lowest BCUT2D eigenvalue weighted by Crippen LogP contribution is -2.51. The first kappa shape index (κ1) is 17.6. The first-order chi connectivity index (χ1) is 11.2. The summed E-state index contributed by atoms with van der Waals surface area (Å²) < 4.78 is 6.61. The van der Waals surface area contributed by atoms with Gasteiger partial charge in [0.1, 0.15) is 0 Å². The van der Waals surface area contributed by atoms with Crippen molar-refractivity contribution < 1.29 is 4.43 Å². The van der Waals surface area contributed by atoms with Gasteiger partial charge in [-0.15, -0.1) is 0 Å². The van der Waals surface area contributed by atoms with E-state index in [1.807, 2.05) is 0 Å². The highest BCUT2D eigenvalue weighted by molar-refractivity contribution is 6.69. The fourth-order valence-corrected chi connectivity index (χ4v) is 9.06. The average Bonchev–Trinajstić information content (AvgIpc) is 2.80. The first-order valence-electron chi connectivity index (χ1n) is 10.9. The largest absolute Gasteiger partial charge is 0.415 e. The lowest BCUT2D eigenvalue weighted by molar-refractivity contribution is -0.103. The smallest absolute Gasteiger partial charge is 0.184 e. The van der Waals surface area contributed by atoms with Crippen LogP contribution in [0.2, 0.25) is 19.6 Å². The van der Waals surface area contributed by atoms with Gasteiger partial charge in [0.25, 0.3) is 0 Å². The predicted molar refractivity (Wildman–Crippen MR) is 105 cm³/mol. The van der Waals surface area contributed by atoms with Gasteiger partial charge < -0.3 is 4.43 Å². The summed E-state index contributed by atoms with van der Waals surface area (Å²) in [6.45, 7) is 12.4. The van der Waals surface area contributed by atoms with Crippen molar-refractivity contribution >= 4 is 8.32 Å². The minimum absolute atomic E-state index is 0.572. The molecule has 0 amide bonds. The van der Waals surface area contributed by atoms with E-state index in [-0.39, 0.29) is 0 Å². The highest BCUT2D eigenvalue weighted by atomic mass is 28.4. The van der Waals surface area contributed by atoms with Crippen LogP contribution in [0.3, 0.4) is 0 Å². The van der Waals surface area contributed by atoms with Gasteiger partial charge in [-0.2, -0.15) is 0 Å². The van der Waals surface area contributed by atoms with Crippen molar-refractivity contribution in [2.24, 2.45) is 34.5 Å². The summed E-state index contributed by atoms with van der Waals surface area (Å²) in [5.74, 6) is 4.04. The Morgan fingerprint density at radius 2 is 1.67 bits per heavy atom. The number of fused-ring (bicyclic) bond motifs is 5. The molecule has 0 aromatic heterocycles. The first-order valence-corrected chi connectivity index (χ1v) is 14.3. The van der Waals surface area contributed by atoms with E-state index in [2.05, 4.69) is 33.5 Å². The number of hydrogen-bond donors (Lipinski definition) is 0. The molecule has 2 heteroatoms. The lowest BCUT2D eigenvalue weighted by Gasteiger charge is -2.60. The Hall–Kier alpha value is 0.177. The van der Waals surface area contributed by atoms with Crippen LogP contribution < -0.4 is 0 Å². The Balaban J connectivity index is 1.55. The molecule has 4 fully saturated rings. The maximum absolute atomic E-state index is 6.61. The summed E-state index contributed by atoms with van der Waals surface area (Å²) >= 11 is 0. The van der Waals surface area contributed by atoms with Crippen LogP contribution in [0.1, 0.15) is 78.1 Å². The standard InChI is InChI=1S/C22H40OSi/c1-21-13-11-19-18(10-9-16-8-6-7-12-22(16,19)2)20(21)14-17(15-21)23-24(3,4)5/h16-20H,6-15H2,1-5H3/t16-,17+,18-,19+,20+,21-,22+/m1/s1. The van der Waals surface area contributed by atoms with Crippen molar-refractivity contribution in [3.8, 4) is 0 Å². The summed E-state index contributed by atoms with van der Waals surface area (Å²) in [6, 6.07) is 0. The van der Waals surface area contributed by atoms with E-state index < -0.39 is 8.32 Å². The van der Waals surface area contributed by atoms with Crippen molar-refractivity contribution in [1.82, 2.24) is 0 Å². The third-order valence-corrected chi connectivity index (χ3v) is 9.87. The molecule has 4 saturated carbocycles. The fourth-order valence-electron chi connectivity index (χ4n) is 7.88. The van der Waals surface area contributed by atoms with Crippen LogP contribution in [0.25, 0.3) is 0 Å². The summed E-state index contributed by atoms with van der Waals surface area (Å²) in [6.07, 6.45) is 15.4. The molecule has 0 aliphatic heterocycles. The van der Waals surface area contributed by atoms with Crippen LogP contribution in [-0.4, -0.2) is 14.4 Å². The lowest BCUT2D eigenvalue weighted by atomic mass is 9.45. The molecule has 0 aromatic carbocycles. The average molecular weight is 349 g/mol. The fraction of sp³-hybridized carbons (Fsp3) is 1.00. The van der Waals surface area contributed by atoms with Crippen LogP contribution in [0.5, 0.6) is 0 Å². The molecule has 4 aliphatic rings. The van der Waals surface area contributed by atoms with Crippen molar-refractivity contribution in [3.63, 3.8) is 0 Å². The third-order valence-electron chi connectivity index (χ3n) is 8.83. The zero-order valence-electron chi connectivity index (χ0n) is 16.9. The van der Waals surface area contributed by atoms with Gasteiger partial charge in [0.2, 0.25) is 0 Å². The molecule has 4 rings (SSSR count). The molecule has 0 aromatic rings. The van der Waals surface area contributed by atoms with E-state index in [1.165, 1.54) is 64.2 Å². The molecular formula is C22H40OSi. The second-order valence-corrected chi connectivity index (χ2v) is 15.8. The van der Waals surface area contributed by atoms with E-state index in [1.54, 1.807) is 0 Å². The second kappa shape index (κ2) is 5.84. The zero-order valence-corrected chi connectivity index (χ0v) is 17.9. The minimum Gasteiger partial charge on any atom is -0.415 e. The predicted octanol–water partition coefficient (Wildman–Crippen LogP) is 6.64. The van der Waals surface area contributed by atoms with Gasteiger partial charge >= 0.3 is 0 Å². The quantitative estimate of drug-likeness (QED) is 0.508. The molecule has 0 radical (unpaired) electrons. The Morgan fingerprint density at radius 1 is 0.875 bits per heavy atom. The molecular weight excluding hydrogens is 308 g/mol. The summed E-state index contributed by atoms with van der Waals surface area (Å²) in [5.41, 5.74) is 1.27. The summed E-state index contributed by atoms with van der Waals surface area (Å²) in [4.78, 5) is 0. The normalized spacial score (nSPS) is 51.6. The minimum atomic E-state index is -1.41. The summed E-state index contributed by atoms with van der Waals surface area (Å²) in [5, 5.41) is 0. The van der Waals surface area contributed by atoms with Crippen molar-refractivity contribution in [2.45, 2.75) is 104 Å². The van der Waals surface area contributed by atoms with Crippen LogP contribution in [0, 0.1) is 34.5 Å². The number of rotatable bonds is 2. The van der Waals surface area contributed by atoms with Crippen molar-refractivity contribution in [1.29, 1.82) is 0 Å². The monoisotopic (exact) mass is 348 g/mol. The van der Waals surface area contributed by atoms with Crippen molar-refractivity contribution in [3.05, 3.63) is 0 Å². The van der Waals surface area contributed by atoms with E-state index in [0.29, 0.717) is 16.9 Å². The van der Waals surface area contributed by atoms with Crippen LogP contribution in [-0.2, 0) is 4.43 Å². The van der Waals surface area contributed by atoms with Gasteiger partial charge in [-0.25, -0.2) is 0 Å². The molecule has 4 aliphatic carbocycles. The molecule has 7 atom stereocenters. The molecule has 0 heterocycles. The molecule has 0 saturated heterocycles. The van der Waals surface area contributed by atoms with Crippen LogP contribution >= 0.6 is 0 Å². The molecule has 24 heavy (non-hydrogen) atoms. The Morgan fingerprint density at radius 3 is 2.42 bits per heavy atom. The topological polar surface area (TPSA) is 9.23 Å². The van der Waals surface area contributed by atoms with E-state index in [4.69, 9.17) is 4.43 Å². The molecule has 1 nitrogen and oxygen atoms in total. The molecule has 0 unspecified atom stereocenters. The van der Waals surface area contributed by atoms with Gasteiger partial charge in [-0.05, 0) is 106 Å². The van der Waals surface area contributed by atoms with Crippen LogP contribution in [0.15, 0.2) is 0 Å². The molecule has 0 N–H and O–H groups in total. The molecule has 138 valence electrons. The second-order valence-electron chi connectivity index (χ2n) is 11.4. The SMILES string of the molecule is C[C@]12CC[C@H]3[C@@H](CC[C@H]4CCCC[C@@]43C)[C@@H]1C[C@H](O[Si](C)(C)C)C2. The maximum atomic E-state index is 6.61. The third kappa shape index (κ3) is 2.84. The Labute approximate surface area is 151 Å². The molecule has 0 bridgehead atoms. The van der Waals surface area contributed by atoms with E-state index >= 15 is 0 Å². The van der Waals surface area contributed by atoms with Gasteiger partial charge in [0, 0.05) is 6.10 Å². The zero-order chi connectivity index (χ0) is 17.2. The molecule has 0 spiro atoms. The highest BCUT2D eigenvalue weighted by Gasteiger charge is 2.58. The highest BCUT2D eigenvalue weighted by Crippen LogP contribution is 2.66. The van der Waals surface area contributed by atoms with Gasteiger partial charge in [0.15, 0.2) is 8.32 Å². The van der Waals surface area contributed by atoms with Crippen molar-refractivity contribution in [2.75, 3.05) is 0 Å². The summed E-state index contributed by atoms with van der Waals surface area (Å²) in [7, 11) is -1.41.